The fourth-order valence-corrected chi connectivity index (χ4v) is 2.55. The first-order chi connectivity index (χ1) is 8.26. The van der Waals surface area contributed by atoms with Crippen molar-refractivity contribution in [1.82, 2.24) is 0 Å². The monoisotopic (exact) mass is 242 g/mol. The van der Waals surface area contributed by atoms with Crippen molar-refractivity contribution in [2.75, 3.05) is 13.7 Å². The fraction of sp³-hybridized carbons (Fsp3) is 1.00. The van der Waals surface area contributed by atoms with Crippen molar-refractivity contribution in [1.29, 1.82) is 0 Å². The van der Waals surface area contributed by atoms with Crippen molar-refractivity contribution < 1.29 is 4.74 Å². The molecule has 0 aromatic heterocycles. The minimum absolute atomic E-state index is 0.836. The highest BCUT2D eigenvalue weighted by Gasteiger charge is 2.16. The molecule has 0 fully saturated rings. The average molecular weight is 242 g/mol. The van der Waals surface area contributed by atoms with Gasteiger partial charge in [-0.2, -0.15) is 0 Å². The number of rotatable bonds is 12. The van der Waals surface area contributed by atoms with Crippen LogP contribution in [0.4, 0.5) is 0 Å². The summed E-state index contributed by atoms with van der Waals surface area (Å²) in [7, 11) is 1.81. The molecule has 0 aromatic rings. The molecule has 0 amide bonds. The van der Waals surface area contributed by atoms with Crippen molar-refractivity contribution in [3.63, 3.8) is 0 Å². The van der Waals surface area contributed by atoms with Gasteiger partial charge in [-0.05, 0) is 18.3 Å². The van der Waals surface area contributed by atoms with E-state index in [1.165, 1.54) is 57.8 Å². The molecule has 2 atom stereocenters. The zero-order valence-corrected chi connectivity index (χ0v) is 12.6. The lowest BCUT2D eigenvalue weighted by molar-refractivity contribution is 0.158. The lowest BCUT2D eigenvalue weighted by atomic mass is 9.83. The summed E-state index contributed by atoms with van der Waals surface area (Å²) in [6.45, 7) is 7.93. The quantitative estimate of drug-likeness (QED) is 0.414. The molecule has 0 saturated carbocycles. The molecular weight excluding hydrogens is 208 g/mol. The first-order valence-electron chi connectivity index (χ1n) is 7.75. The SMILES string of the molecule is CCCCCCC(CCCC)C(C)CCOC. The zero-order valence-electron chi connectivity index (χ0n) is 12.6. The highest BCUT2D eigenvalue weighted by Crippen LogP contribution is 2.27. The van der Waals surface area contributed by atoms with Gasteiger partial charge in [0.15, 0.2) is 0 Å². The number of hydrogen-bond donors (Lipinski definition) is 0. The molecule has 1 heteroatoms. The van der Waals surface area contributed by atoms with Gasteiger partial charge in [-0.1, -0.05) is 72.1 Å². The second-order valence-electron chi connectivity index (χ2n) is 5.51. The summed E-state index contributed by atoms with van der Waals surface area (Å²) in [6, 6.07) is 0. The molecule has 104 valence electrons. The Balaban J connectivity index is 3.84. The highest BCUT2D eigenvalue weighted by atomic mass is 16.5. The Labute approximate surface area is 109 Å². The Morgan fingerprint density at radius 1 is 0.824 bits per heavy atom. The van der Waals surface area contributed by atoms with Crippen LogP contribution in [0.25, 0.3) is 0 Å². The number of hydrogen-bond acceptors (Lipinski definition) is 1. The first-order valence-corrected chi connectivity index (χ1v) is 7.75. The highest BCUT2D eigenvalue weighted by molar-refractivity contribution is 4.67. The van der Waals surface area contributed by atoms with Crippen LogP contribution in [0, 0.1) is 11.8 Å². The maximum atomic E-state index is 5.21. The second kappa shape index (κ2) is 12.4. The lowest BCUT2D eigenvalue weighted by Crippen LogP contribution is -2.14. The molecule has 0 aromatic carbocycles. The molecule has 0 saturated heterocycles. The molecule has 1 nitrogen and oxygen atoms in total. The van der Waals surface area contributed by atoms with Gasteiger partial charge < -0.3 is 4.74 Å². The topological polar surface area (TPSA) is 9.23 Å². The first kappa shape index (κ1) is 17.0. The molecule has 0 spiro atoms. The van der Waals surface area contributed by atoms with Crippen LogP contribution in [-0.2, 0) is 4.74 Å². The third kappa shape index (κ3) is 9.64. The van der Waals surface area contributed by atoms with Crippen molar-refractivity contribution in [3.8, 4) is 0 Å². The van der Waals surface area contributed by atoms with E-state index >= 15 is 0 Å². The van der Waals surface area contributed by atoms with E-state index in [9.17, 15) is 0 Å². The van der Waals surface area contributed by atoms with E-state index in [1.807, 2.05) is 7.11 Å². The number of ether oxygens (including phenoxy) is 1. The van der Waals surface area contributed by atoms with Crippen LogP contribution in [-0.4, -0.2) is 13.7 Å². The van der Waals surface area contributed by atoms with E-state index in [-0.39, 0.29) is 0 Å². The Hall–Kier alpha value is -0.0400. The normalized spacial score (nSPS) is 14.8. The van der Waals surface area contributed by atoms with E-state index in [0.717, 1.165) is 18.4 Å². The molecule has 0 N–H and O–H groups in total. The average Bonchev–Trinajstić information content (AvgIpc) is 2.35. The summed E-state index contributed by atoms with van der Waals surface area (Å²) in [5.41, 5.74) is 0. The van der Waals surface area contributed by atoms with E-state index in [0.29, 0.717) is 0 Å². The van der Waals surface area contributed by atoms with Crippen LogP contribution in [0.15, 0.2) is 0 Å². The van der Waals surface area contributed by atoms with Crippen molar-refractivity contribution >= 4 is 0 Å². The molecule has 0 aliphatic rings. The predicted octanol–water partition coefficient (Wildman–Crippen LogP) is 5.44. The van der Waals surface area contributed by atoms with Crippen LogP contribution in [0.3, 0.4) is 0 Å². The summed E-state index contributed by atoms with van der Waals surface area (Å²) < 4.78 is 5.21. The molecular formula is C16H34O. The minimum Gasteiger partial charge on any atom is -0.385 e. The number of methoxy groups -OCH3 is 1. The van der Waals surface area contributed by atoms with E-state index in [1.54, 1.807) is 0 Å². The molecule has 0 bridgehead atoms. The van der Waals surface area contributed by atoms with Crippen molar-refractivity contribution in [3.05, 3.63) is 0 Å². The van der Waals surface area contributed by atoms with Crippen molar-refractivity contribution in [2.45, 2.75) is 78.6 Å². The summed E-state index contributed by atoms with van der Waals surface area (Å²) in [6.07, 6.45) is 12.4. The van der Waals surface area contributed by atoms with Gasteiger partial charge in [0.05, 0.1) is 0 Å². The third-order valence-corrected chi connectivity index (χ3v) is 3.94. The second-order valence-corrected chi connectivity index (χ2v) is 5.51. The van der Waals surface area contributed by atoms with Gasteiger partial charge >= 0.3 is 0 Å². The van der Waals surface area contributed by atoms with Crippen LogP contribution >= 0.6 is 0 Å². The summed E-state index contributed by atoms with van der Waals surface area (Å²) in [5.74, 6) is 1.77. The third-order valence-electron chi connectivity index (χ3n) is 3.94. The zero-order chi connectivity index (χ0) is 12.9. The molecule has 0 rings (SSSR count). The van der Waals surface area contributed by atoms with Crippen LogP contribution < -0.4 is 0 Å². The molecule has 0 heterocycles. The van der Waals surface area contributed by atoms with E-state index < -0.39 is 0 Å². The van der Waals surface area contributed by atoms with E-state index in [4.69, 9.17) is 4.74 Å². The standard InChI is InChI=1S/C16H34O/c1-5-7-9-10-12-16(11-8-6-2)15(3)13-14-17-4/h15-16H,5-14H2,1-4H3. The van der Waals surface area contributed by atoms with Crippen LogP contribution in [0.2, 0.25) is 0 Å². The molecule has 0 aliphatic carbocycles. The Morgan fingerprint density at radius 3 is 2.06 bits per heavy atom. The van der Waals surface area contributed by atoms with Crippen molar-refractivity contribution in [2.24, 2.45) is 11.8 Å². The molecule has 0 radical (unpaired) electrons. The number of unbranched alkanes of at least 4 members (excludes halogenated alkanes) is 4. The van der Waals surface area contributed by atoms with Gasteiger partial charge in [0, 0.05) is 13.7 Å². The smallest absolute Gasteiger partial charge is 0.0464 e. The van der Waals surface area contributed by atoms with Gasteiger partial charge in [-0.3, -0.25) is 0 Å². The summed E-state index contributed by atoms with van der Waals surface area (Å²) in [4.78, 5) is 0. The maximum absolute atomic E-state index is 5.21. The molecule has 0 aliphatic heterocycles. The Morgan fingerprint density at radius 2 is 1.47 bits per heavy atom. The lowest BCUT2D eigenvalue weighted by Gasteiger charge is -2.24. The Bertz CT molecular complexity index is 144. The van der Waals surface area contributed by atoms with E-state index in [2.05, 4.69) is 20.8 Å². The maximum Gasteiger partial charge on any atom is 0.0464 e. The summed E-state index contributed by atoms with van der Waals surface area (Å²) in [5, 5.41) is 0. The van der Waals surface area contributed by atoms with Gasteiger partial charge in [0.2, 0.25) is 0 Å². The van der Waals surface area contributed by atoms with Gasteiger partial charge in [0.25, 0.3) is 0 Å². The van der Waals surface area contributed by atoms with Gasteiger partial charge in [0.1, 0.15) is 0 Å². The van der Waals surface area contributed by atoms with Gasteiger partial charge in [-0.15, -0.1) is 0 Å². The Kier molecular flexibility index (Phi) is 12.4. The summed E-state index contributed by atoms with van der Waals surface area (Å²) >= 11 is 0. The molecule has 17 heavy (non-hydrogen) atoms. The van der Waals surface area contributed by atoms with Gasteiger partial charge in [-0.25, -0.2) is 0 Å². The predicted molar refractivity (Wildman–Crippen MR) is 77.4 cm³/mol. The van der Waals surface area contributed by atoms with Crippen LogP contribution in [0.5, 0.6) is 0 Å². The largest absolute Gasteiger partial charge is 0.385 e. The fourth-order valence-electron chi connectivity index (χ4n) is 2.55. The van der Waals surface area contributed by atoms with Crippen LogP contribution in [0.1, 0.15) is 78.6 Å². The molecule has 2 unspecified atom stereocenters. The minimum atomic E-state index is 0.836.